The monoisotopic (exact) mass is 271 g/mol. The van der Waals surface area contributed by atoms with Gasteiger partial charge < -0.3 is 5.32 Å². The van der Waals surface area contributed by atoms with Gasteiger partial charge in [-0.3, -0.25) is 9.59 Å². The Labute approximate surface area is 116 Å². The van der Waals surface area contributed by atoms with Crippen molar-refractivity contribution in [2.45, 2.75) is 12.8 Å². The Bertz CT molecular complexity index is 611. The first kappa shape index (κ1) is 13.9. The van der Waals surface area contributed by atoms with E-state index in [1.165, 1.54) is 12.1 Å². The minimum absolute atomic E-state index is 0.207. The first-order valence-electron chi connectivity index (χ1n) is 6.27. The number of amides is 1. The van der Waals surface area contributed by atoms with Crippen LogP contribution >= 0.6 is 0 Å². The molecule has 0 saturated carbocycles. The molecule has 0 aliphatic carbocycles. The van der Waals surface area contributed by atoms with Gasteiger partial charge in [0, 0.05) is 12.0 Å². The summed E-state index contributed by atoms with van der Waals surface area (Å²) in [5, 5.41) is 2.56. The van der Waals surface area contributed by atoms with E-state index in [1.807, 2.05) is 30.3 Å². The van der Waals surface area contributed by atoms with E-state index in [0.717, 1.165) is 11.6 Å². The van der Waals surface area contributed by atoms with Gasteiger partial charge in [-0.15, -0.1) is 0 Å². The first-order valence-corrected chi connectivity index (χ1v) is 6.27. The van der Waals surface area contributed by atoms with E-state index < -0.39 is 5.82 Å². The lowest BCUT2D eigenvalue weighted by Crippen LogP contribution is -2.13. The fraction of sp³-hybridized carbons (Fsp3) is 0.125. The molecule has 0 aromatic heterocycles. The third-order valence-electron chi connectivity index (χ3n) is 2.90. The van der Waals surface area contributed by atoms with Crippen molar-refractivity contribution in [2.24, 2.45) is 0 Å². The van der Waals surface area contributed by atoms with Crippen LogP contribution in [0.3, 0.4) is 0 Å². The average Bonchev–Trinajstić information content (AvgIpc) is 2.46. The van der Waals surface area contributed by atoms with Gasteiger partial charge >= 0.3 is 0 Å². The van der Waals surface area contributed by atoms with Gasteiger partial charge in [0.05, 0.1) is 5.69 Å². The smallest absolute Gasteiger partial charge is 0.224 e. The van der Waals surface area contributed by atoms with Gasteiger partial charge in [0.25, 0.3) is 0 Å². The molecular formula is C16H14FNO2. The second-order valence-corrected chi connectivity index (χ2v) is 4.38. The van der Waals surface area contributed by atoms with Crippen LogP contribution in [0.2, 0.25) is 0 Å². The van der Waals surface area contributed by atoms with Crippen LogP contribution in [0.25, 0.3) is 0 Å². The number of nitrogens with one attached hydrogen (secondary N) is 1. The Kier molecular flexibility index (Phi) is 4.60. The molecule has 2 aromatic rings. The standard InChI is InChI=1S/C16H14FNO2/c17-14-8-7-13(11-19)15(10-14)18-16(20)9-6-12-4-2-1-3-5-12/h1-5,7-8,10-11H,6,9H2,(H,18,20). The number of benzene rings is 2. The maximum Gasteiger partial charge on any atom is 0.224 e. The van der Waals surface area contributed by atoms with Gasteiger partial charge in [-0.25, -0.2) is 4.39 Å². The molecule has 2 rings (SSSR count). The number of carbonyl (C=O) groups excluding carboxylic acids is 2. The van der Waals surface area contributed by atoms with Crippen molar-refractivity contribution >= 4 is 17.9 Å². The number of halogens is 1. The molecule has 0 radical (unpaired) electrons. The fourth-order valence-electron chi connectivity index (χ4n) is 1.85. The SMILES string of the molecule is O=Cc1ccc(F)cc1NC(=O)CCc1ccccc1. The molecular weight excluding hydrogens is 257 g/mol. The highest BCUT2D eigenvalue weighted by Gasteiger charge is 2.08. The summed E-state index contributed by atoms with van der Waals surface area (Å²) < 4.78 is 13.1. The number of carbonyl (C=O) groups is 2. The predicted octanol–water partition coefficient (Wildman–Crippen LogP) is 3.21. The Balaban J connectivity index is 1.98. The van der Waals surface area contributed by atoms with E-state index in [0.29, 0.717) is 12.7 Å². The molecule has 0 saturated heterocycles. The minimum atomic E-state index is -0.492. The van der Waals surface area contributed by atoms with Crippen LogP contribution in [0.4, 0.5) is 10.1 Å². The molecule has 3 nitrogen and oxygen atoms in total. The van der Waals surface area contributed by atoms with Crippen LogP contribution < -0.4 is 5.32 Å². The van der Waals surface area contributed by atoms with Gasteiger partial charge in [-0.2, -0.15) is 0 Å². The van der Waals surface area contributed by atoms with Crippen molar-refractivity contribution < 1.29 is 14.0 Å². The van der Waals surface area contributed by atoms with Crippen molar-refractivity contribution in [1.82, 2.24) is 0 Å². The van der Waals surface area contributed by atoms with E-state index >= 15 is 0 Å². The van der Waals surface area contributed by atoms with Crippen LogP contribution in [-0.2, 0) is 11.2 Å². The van der Waals surface area contributed by atoms with Crippen molar-refractivity contribution in [3.63, 3.8) is 0 Å². The Morgan fingerprint density at radius 1 is 1.15 bits per heavy atom. The molecule has 0 fully saturated rings. The van der Waals surface area contributed by atoms with Crippen molar-refractivity contribution in [3.8, 4) is 0 Å². The molecule has 0 atom stereocenters. The summed E-state index contributed by atoms with van der Waals surface area (Å²) >= 11 is 0. The molecule has 0 spiro atoms. The molecule has 20 heavy (non-hydrogen) atoms. The zero-order chi connectivity index (χ0) is 14.4. The summed E-state index contributed by atoms with van der Waals surface area (Å²) in [7, 11) is 0. The highest BCUT2D eigenvalue weighted by Crippen LogP contribution is 2.16. The second kappa shape index (κ2) is 6.61. The molecule has 0 aliphatic rings. The first-order chi connectivity index (χ1) is 9.69. The summed E-state index contributed by atoms with van der Waals surface area (Å²) in [5.41, 5.74) is 1.52. The quantitative estimate of drug-likeness (QED) is 0.849. The topological polar surface area (TPSA) is 46.2 Å². The Morgan fingerprint density at radius 2 is 1.90 bits per heavy atom. The van der Waals surface area contributed by atoms with E-state index in [2.05, 4.69) is 5.32 Å². The summed E-state index contributed by atoms with van der Waals surface area (Å²) in [4.78, 5) is 22.6. The number of hydrogen-bond donors (Lipinski definition) is 1. The number of aryl methyl sites for hydroxylation is 1. The summed E-state index contributed by atoms with van der Waals surface area (Å²) in [6.07, 6.45) is 1.46. The lowest BCUT2D eigenvalue weighted by molar-refractivity contribution is -0.116. The van der Waals surface area contributed by atoms with Crippen molar-refractivity contribution in [1.29, 1.82) is 0 Å². The third kappa shape index (κ3) is 3.75. The zero-order valence-corrected chi connectivity index (χ0v) is 10.8. The van der Waals surface area contributed by atoms with Gasteiger partial charge in [-0.05, 0) is 30.2 Å². The van der Waals surface area contributed by atoms with E-state index in [4.69, 9.17) is 0 Å². The average molecular weight is 271 g/mol. The number of hydrogen-bond acceptors (Lipinski definition) is 2. The molecule has 0 aliphatic heterocycles. The van der Waals surface area contributed by atoms with Crippen LogP contribution in [0.1, 0.15) is 22.3 Å². The second-order valence-electron chi connectivity index (χ2n) is 4.38. The zero-order valence-electron chi connectivity index (χ0n) is 10.8. The van der Waals surface area contributed by atoms with E-state index in [-0.39, 0.29) is 23.6 Å². The number of anilines is 1. The molecule has 0 heterocycles. The number of aldehydes is 1. The van der Waals surface area contributed by atoms with Crippen LogP contribution in [0.5, 0.6) is 0 Å². The minimum Gasteiger partial charge on any atom is -0.325 e. The maximum absolute atomic E-state index is 13.1. The maximum atomic E-state index is 13.1. The largest absolute Gasteiger partial charge is 0.325 e. The third-order valence-corrected chi connectivity index (χ3v) is 2.90. The number of rotatable bonds is 5. The van der Waals surface area contributed by atoms with E-state index in [9.17, 15) is 14.0 Å². The van der Waals surface area contributed by atoms with Crippen LogP contribution in [0.15, 0.2) is 48.5 Å². The molecule has 0 bridgehead atoms. The molecule has 0 unspecified atom stereocenters. The van der Waals surface area contributed by atoms with Gasteiger partial charge in [0.2, 0.25) is 5.91 Å². The van der Waals surface area contributed by atoms with Crippen LogP contribution in [0, 0.1) is 5.82 Å². The fourth-order valence-corrected chi connectivity index (χ4v) is 1.85. The Morgan fingerprint density at radius 3 is 2.60 bits per heavy atom. The predicted molar refractivity (Wildman–Crippen MR) is 75.2 cm³/mol. The van der Waals surface area contributed by atoms with E-state index in [1.54, 1.807) is 0 Å². The van der Waals surface area contributed by atoms with Crippen molar-refractivity contribution in [2.75, 3.05) is 5.32 Å². The summed E-state index contributed by atoms with van der Waals surface area (Å²) in [5.74, 6) is -0.739. The normalized spacial score (nSPS) is 10.1. The summed E-state index contributed by atoms with van der Waals surface area (Å²) in [6, 6.07) is 13.3. The van der Waals surface area contributed by atoms with Crippen molar-refractivity contribution in [3.05, 3.63) is 65.5 Å². The molecule has 2 aromatic carbocycles. The van der Waals surface area contributed by atoms with Gasteiger partial charge in [-0.1, -0.05) is 30.3 Å². The lowest BCUT2D eigenvalue weighted by Gasteiger charge is -2.07. The highest BCUT2D eigenvalue weighted by molar-refractivity contribution is 5.96. The molecule has 1 amide bonds. The van der Waals surface area contributed by atoms with Crippen LogP contribution in [-0.4, -0.2) is 12.2 Å². The molecule has 102 valence electrons. The van der Waals surface area contributed by atoms with Gasteiger partial charge in [0.1, 0.15) is 5.82 Å². The molecule has 1 N–H and O–H groups in total. The lowest BCUT2D eigenvalue weighted by atomic mass is 10.1. The Hall–Kier alpha value is -2.49. The van der Waals surface area contributed by atoms with Gasteiger partial charge in [0.15, 0.2) is 6.29 Å². The molecule has 4 heteroatoms. The highest BCUT2D eigenvalue weighted by atomic mass is 19.1. The summed E-state index contributed by atoms with van der Waals surface area (Å²) in [6.45, 7) is 0.